The van der Waals surface area contributed by atoms with Gasteiger partial charge in [-0.3, -0.25) is 0 Å². The second-order valence-corrected chi connectivity index (χ2v) is 13.0. The van der Waals surface area contributed by atoms with Crippen molar-refractivity contribution in [2.45, 2.75) is 5.41 Å². The topological polar surface area (TPSA) is 3.24 Å². The molecule has 10 aromatic carbocycles. The molecule has 0 bridgehead atoms. The molecule has 1 aliphatic carbocycles. The zero-order valence-electron chi connectivity index (χ0n) is 58.7. The SMILES string of the molecule is [2H]c1c([2H])c([2H])c2c(c1[2H])-c1c(N(c3c([2H])c([2H])c(-c4c([2H])c([2H])c([2H])c5c([2H])c([2H])c([2H])c([2H])c45)c([2H])c3[2H])c3c([2H])c([2H])c(-c4c([2H])c([2H])c([2H])c5c([2H])c([2H])c([2H])c([2H])c45)c([2H])c3[2H])c([2H])c([2H])c([2H])c1C2(c1ccccc1)c1ccccc1. The van der Waals surface area contributed by atoms with Crippen molar-refractivity contribution in [1.82, 2.24) is 0 Å². The maximum atomic E-state index is 10.0. The van der Waals surface area contributed by atoms with E-state index in [9.17, 15) is 17.8 Å². The van der Waals surface area contributed by atoms with Crippen LogP contribution in [0.2, 0.25) is 0 Å². The monoisotopic (exact) mass is 766 g/mol. The fraction of sp³-hybridized carbons (Fsp3) is 0.0175. The summed E-state index contributed by atoms with van der Waals surface area (Å²) in [4.78, 5) is 0.522. The second kappa shape index (κ2) is 13.9. The van der Waals surface area contributed by atoms with Gasteiger partial charge in [0, 0.05) is 16.9 Å². The molecule has 272 valence electrons. The highest BCUT2D eigenvalue weighted by Crippen LogP contribution is 2.59. The minimum Gasteiger partial charge on any atom is -0.310 e. The third kappa shape index (κ3) is 5.32. The van der Waals surface area contributed by atoms with Crippen molar-refractivity contribution in [2.75, 3.05) is 4.90 Å². The molecule has 58 heavy (non-hydrogen) atoms. The first-order valence-corrected chi connectivity index (χ1v) is 17.7. The number of hydrogen-bond acceptors (Lipinski definition) is 1. The zero-order valence-corrected chi connectivity index (χ0v) is 29.7. The average molecular weight is 767 g/mol. The Kier molecular flexibility index (Phi) is 3.71. The molecule has 1 nitrogen and oxygen atoms in total. The molecule has 0 aromatic heterocycles. The Labute approximate surface area is 380 Å². The Bertz CT molecular complexity index is 4490. The van der Waals surface area contributed by atoms with Gasteiger partial charge in [-0.25, -0.2) is 0 Å². The molecule has 0 aliphatic heterocycles. The third-order valence-electron chi connectivity index (χ3n) is 9.98. The molecule has 0 saturated heterocycles. The summed E-state index contributed by atoms with van der Waals surface area (Å²) < 4.78 is 269. The van der Waals surface area contributed by atoms with Gasteiger partial charge < -0.3 is 4.90 Å². The Morgan fingerprint density at radius 1 is 0.362 bits per heavy atom. The van der Waals surface area contributed by atoms with E-state index in [4.69, 9.17) is 21.9 Å². The van der Waals surface area contributed by atoms with Crippen molar-refractivity contribution < 1.29 is 39.8 Å². The molecule has 0 N–H and O–H groups in total. The lowest BCUT2D eigenvalue weighted by atomic mass is 9.68. The minimum atomic E-state index is -2.09. The van der Waals surface area contributed by atoms with E-state index in [0.29, 0.717) is 4.90 Å². The van der Waals surface area contributed by atoms with Crippen LogP contribution in [0, 0.1) is 0 Å². The maximum Gasteiger partial charge on any atom is 0.0714 e. The third-order valence-corrected chi connectivity index (χ3v) is 9.98. The van der Waals surface area contributed by atoms with Gasteiger partial charge in [0.2, 0.25) is 0 Å². The van der Waals surface area contributed by atoms with Gasteiger partial charge in [0.05, 0.1) is 50.9 Å². The summed E-state index contributed by atoms with van der Waals surface area (Å²) in [6.07, 6.45) is 0. The van der Waals surface area contributed by atoms with Crippen LogP contribution >= 0.6 is 0 Å². The van der Waals surface area contributed by atoms with Gasteiger partial charge in [-0.1, -0.05) is 206 Å². The summed E-state index contributed by atoms with van der Waals surface area (Å²) in [6, 6.07) is -12.4. The minimum absolute atomic E-state index is 0.222. The number of hydrogen-bond donors (Lipinski definition) is 0. The molecule has 0 spiro atoms. The predicted molar refractivity (Wildman–Crippen MR) is 244 cm³/mol. The second-order valence-electron chi connectivity index (χ2n) is 13.0. The maximum absolute atomic E-state index is 10.0. The molecule has 0 radical (unpaired) electrons. The highest BCUT2D eigenvalue weighted by atomic mass is 15.1. The van der Waals surface area contributed by atoms with Gasteiger partial charge in [-0.05, 0) is 102 Å². The van der Waals surface area contributed by atoms with Gasteiger partial charge in [-0.2, -0.15) is 0 Å². The fourth-order valence-corrected chi connectivity index (χ4v) is 7.54. The van der Waals surface area contributed by atoms with E-state index >= 15 is 0 Å². The molecule has 0 unspecified atom stereocenters. The van der Waals surface area contributed by atoms with Crippen molar-refractivity contribution in [3.8, 4) is 33.4 Å². The van der Waals surface area contributed by atoms with E-state index in [2.05, 4.69) is 0 Å². The summed E-state index contributed by atoms with van der Waals surface area (Å²) in [6.45, 7) is 0. The first-order chi connectivity index (χ1) is 40.9. The first kappa shape index (κ1) is 15.5. The van der Waals surface area contributed by atoms with Crippen LogP contribution in [0.4, 0.5) is 17.1 Å². The van der Waals surface area contributed by atoms with Gasteiger partial charge in [0.1, 0.15) is 0 Å². The van der Waals surface area contributed by atoms with Crippen molar-refractivity contribution in [1.29, 1.82) is 0 Å². The van der Waals surface area contributed by atoms with Crippen molar-refractivity contribution in [3.63, 3.8) is 0 Å². The number of rotatable bonds is 7. The van der Waals surface area contributed by atoms with E-state index in [1.165, 1.54) is 0 Å². The lowest BCUT2D eigenvalue weighted by Gasteiger charge is -2.34. The molecule has 1 aliphatic rings. The Morgan fingerprint density at radius 3 is 1.34 bits per heavy atom. The van der Waals surface area contributed by atoms with Crippen LogP contribution in [-0.2, 0) is 5.41 Å². The highest BCUT2D eigenvalue weighted by molar-refractivity contribution is 6.00. The van der Waals surface area contributed by atoms with Gasteiger partial charge in [-0.15, -0.1) is 0 Å². The molecule has 0 amide bonds. The molecule has 1 heteroatoms. The van der Waals surface area contributed by atoms with Crippen molar-refractivity contribution in [2.24, 2.45) is 0 Å². The van der Waals surface area contributed by atoms with Gasteiger partial charge >= 0.3 is 0 Å². The quantitative estimate of drug-likeness (QED) is 0.156. The molecular weight excluding hydrogens is 699 g/mol. The largest absolute Gasteiger partial charge is 0.310 e. The summed E-state index contributed by atoms with van der Waals surface area (Å²) in [5.74, 6) is 0. The zero-order chi connectivity index (χ0) is 63.7. The van der Waals surface area contributed by atoms with Crippen LogP contribution in [0.15, 0.2) is 236 Å². The lowest BCUT2D eigenvalue weighted by Crippen LogP contribution is -2.28. The predicted octanol–water partition coefficient (Wildman–Crippen LogP) is 15.2. The van der Waals surface area contributed by atoms with Crippen LogP contribution in [-0.4, -0.2) is 0 Å². The van der Waals surface area contributed by atoms with E-state index in [1.807, 2.05) is 0 Å². The lowest BCUT2D eigenvalue weighted by molar-refractivity contribution is 0.768. The Morgan fingerprint density at radius 2 is 0.793 bits per heavy atom. The van der Waals surface area contributed by atoms with Crippen molar-refractivity contribution in [3.05, 3.63) is 258 Å². The van der Waals surface area contributed by atoms with E-state index in [-0.39, 0.29) is 22.3 Å². The van der Waals surface area contributed by atoms with Crippen LogP contribution in [0.1, 0.15) is 62.0 Å². The first-order valence-electron chi connectivity index (χ1n) is 32.2. The number of benzene rings is 10. The van der Waals surface area contributed by atoms with Crippen LogP contribution in [0.5, 0.6) is 0 Å². The number of nitrogens with zero attached hydrogens (tertiary/aromatic N) is 1. The van der Waals surface area contributed by atoms with E-state index < -0.39 is 253 Å². The van der Waals surface area contributed by atoms with Crippen LogP contribution < -0.4 is 4.90 Å². The summed E-state index contributed by atoms with van der Waals surface area (Å²) >= 11 is 0. The molecule has 0 saturated carbocycles. The Hall–Kier alpha value is -7.48. The summed E-state index contributed by atoms with van der Waals surface area (Å²) in [7, 11) is 0. The summed E-state index contributed by atoms with van der Waals surface area (Å²) in [5, 5.41) is -2.58. The Balaban J connectivity index is 1.39. The highest BCUT2D eigenvalue weighted by Gasteiger charge is 2.47. The van der Waals surface area contributed by atoms with E-state index in [0.717, 1.165) is 0 Å². The van der Waals surface area contributed by atoms with Crippen molar-refractivity contribution >= 4 is 38.6 Å². The fourth-order valence-electron chi connectivity index (χ4n) is 7.54. The van der Waals surface area contributed by atoms with Crippen LogP contribution in [0.25, 0.3) is 54.9 Å². The van der Waals surface area contributed by atoms with E-state index in [1.54, 1.807) is 60.7 Å². The standard InChI is InChI=1S/C57H39N/c1-3-20-44(21-4-1)57(45-22-5-2-6-23-45)53-29-12-11-26-52(53)56-54(57)30-15-31-55(56)58(46-36-32-42(33-37-46)50-27-13-18-40-16-7-9-24-48(40)50)47-38-34-43(35-39-47)51-28-14-19-41-17-8-10-25-49(41)51/h1-39H/i7D,8D,9D,10D,11D,12D,13D,14D,15D,16D,17D,18D,19D,24D,25D,26D,27D,28D,29D,30D,31D,32D,33D,34D,35D,36D,37D,38D,39D. The number of anilines is 3. The summed E-state index contributed by atoms with van der Waals surface area (Å²) in [5.41, 5.74) is -9.74. The average Bonchev–Trinajstić information content (AvgIpc) is 1.55. The van der Waals surface area contributed by atoms with Crippen LogP contribution in [0.3, 0.4) is 0 Å². The molecular formula is C57H39N. The smallest absolute Gasteiger partial charge is 0.0714 e. The van der Waals surface area contributed by atoms with Gasteiger partial charge in [0.25, 0.3) is 0 Å². The molecule has 0 heterocycles. The molecule has 10 aromatic rings. The van der Waals surface area contributed by atoms with Gasteiger partial charge in [0.15, 0.2) is 0 Å². The normalized spacial score (nSPS) is 19.6. The molecule has 0 fully saturated rings. The number of fused-ring (bicyclic) bond motifs is 5. The molecule has 0 atom stereocenters. The molecule has 11 rings (SSSR count).